The molecule has 0 aromatic carbocycles. The maximum absolute atomic E-state index is 11.3. The summed E-state index contributed by atoms with van der Waals surface area (Å²) in [6.07, 6.45) is 3.21. The SMILES string of the molecule is CCOC(=O)[C@H]1CCC[C@@H](C)N1. The Bertz CT molecular complexity index is 159. The van der Waals surface area contributed by atoms with Crippen LogP contribution >= 0.6 is 0 Å². The average molecular weight is 171 g/mol. The van der Waals surface area contributed by atoms with E-state index >= 15 is 0 Å². The van der Waals surface area contributed by atoms with E-state index < -0.39 is 0 Å². The molecule has 0 bridgehead atoms. The first kappa shape index (κ1) is 9.52. The average Bonchev–Trinajstić information content (AvgIpc) is 2.05. The molecule has 2 atom stereocenters. The van der Waals surface area contributed by atoms with Gasteiger partial charge in [0.05, 0.1) is 6.61 Å². The lowest BCUT2D eigenvalue weighted by atomic mass is 10.00. The largest absolute Gasteiger partial charge is 0.465 e. The molecule has 1 aliphatic rings. The molecule has 0 amide bonds. The van der Waals surface area contributed by atoms with Crippen molar-refractivity contribution in [3.8, 4) is 0 Å². The molecule has 0 unspecified atom stereocenters. The van der Waals surface area contributed by atoms with Crippen molar-refractivity contribution in [3.63, 3.8) is 0 Å². The Kier molecular flexibility index (Phi) is 3.53. The van der Waals surface area contributed by atoms with Gasteiger partial charge < -0.3 is 10.1 Å². The molecule has 1 heterocycles. The minimum atomic E-state index is -0.0935. The van der Waals surface area contributed by atoms with E-state index in [9.17, 15) is 4.79 Å². The number of rotatable bonds is 2. The van der Waals surface area contributed by atoms with Crippen molar-refractivity contribution in [2.75, 3.05) is 6.61 Å². The van der Waals surface area contributed by atoms with Crippen LogP contribution in [-0.2, 0) is 9.53 Å². The van der Waals surface area contributed by atoms with Crippen molar-refractivity contribution in [1.29, 1.82) is 0 Å². The highest BCUT2D eigenvalue weighted by atomic mass is 16.5. The van der Waals surface area contributed by atoms with E-state index in [4.69, 9.17) is 4.74 Å². The van der Waals surface area contributed by atoms with Gasteiger partial charge in [-0.2, -0.15) is 0 Å². The number of ether oxygens (including phenoxy) is 1. The number of piperidine rings is 1. The van der Waals surface area contributed by atoms with Crippen LogP contribution in [0.25, 0.3) is 0 Å². The van der Waals surface area contributed by atoms with Crippen LogP contribution in [0.5, 0.6) is 0 Å². The van der Waals surface area contributed by atoms with E-state index in [1.165, 1.54) is 0 Å². The number of nitrogens with one attached hydrogen (secondary N) is 1. The summed E-state index contributed by atoms with van der Waals surface area (Å²) in [5.41, 5.74) is 0. The summed E-state index contributed by atoms with van der Waals surface area (Å²) in [5, 5.41) is 3.23. The fraction of sp³-hybridized carbons (Fsp3) is 0.889. The summed E-state index contributed by atoms with van der Waals surface area (Å²) < 4.78 is 4.93. The van der Waals surface area contributed by atoms with Crippen LogP contribution in [-0.4, -0.2) is 24.7 Å². The van der Waals surface area contributed by atoms with E-state index in [2.05, 4.69) is 12.2 Å². The molecule has 1 fully saturated rings. The first-order chi connectivity index (χ1) is 5.74. The van der Waals surface area contributed by atoms with Crippen LogP contribution in [0, 0.1) is 0 Å². The maximum Gasteiger partial charge on any atom is 0.323 e. The first-order valence-corrected chi connectivity index (χ1v) is 4.66. The van der Waals surface area contributed by atoms with E-state index in [1.54, 1.807) is 0 Å². The molecule has 12 heavy (non-hydrogen) atoms. The number of carbonyl (C=O) groups excluding carboxylic acids is 1. The standard InChI is InChI=1S/C9H17NO2/c1-3-12-9(11)8-6-4-5-7(2)10-8/h7-8,10H,3-6H2,1-2H3/t7-,8-/m1/s1. The van der Waals surface area contributed by atoms with Crippen LogP contribution in [0.3, 0.4) is 0 Å². The van der Waals surface area contributed by atoms with Crippen LogP contribution in [0.4, 0.5) is 0 Å². The second-order valence-electron chi connectivity index (χ2n) is 3.30. The minimum Gasteiger partial charge on any atom is -0.465 e. The summed E-state index contributed by atoms with van der Waals surface area (Å²) in [6.45, 7) is 4.42. The molecule has 0 radical (unpaired) electrons. The lowest BCUT2D eigenvalue weighted by Gasteiger charge is -2.26. The fourth-order valence-corrected chi connectivity index (χ4v) is 1.57. The molecule has 0 aromatic heterocycles. The van der Waals surface area contributed by atoms with Gasteiger partial charge in [-0.1, -0.05) is 0 Å². The highest BCUT2D eigenvalue weighted by molar-refractivity contribution is 5.75. The molecule has 3 nitrogen and oxygen atoms in total. The zero-order valence-electron chi connectivity index (χ0n) is 7.80. The predicted octanol–water partition coefficient (Wildman–Crippen LogP) is 1.08. The second kappa shape index (κ2) is 4.45. The highest BCUT2D eigenvalue weighted by Gasteiger charge is 2.24. The molecular weight excluding hydrogens is 154 g/mol. The summed E-state index contributed by atoms with van der Waals surface area (Å²) in [5.74, 6) is -0.0935. The van der Waals surface area contributed by atoms with Crippen molar-refractivity contribution < 1.29 is 9.53 Å². The molecule has 70 valence electrons. The number of carbonyl (C=O) groups is 1. The van der Waals surface area contributed by atoms with E-state index in [0.29, 0.717) is 12.6 Å². The molecule has 1 saturated heterocycles. The Balaban J connectivity index is 2.35. The van der Waals surface area contributed by atoms with Crippen LogP contribution in [0.2, 0.25) is 0 Å². The van der Waals surface area contributed by atoms with Crippen molar-refractivity contribution in [3.05, 3.63) is 0 Å². The van der Waals surface area contributed by atoms with Crippen molar-refractivity contribution in [1.82, 2.24) is 5.32 Å². The highest BCUT2D eigenvalue weighted by Crippen LogP contribution is 2.12. The normalized spacial score (nSPS) is 29.8. The van der Waals surface area contributed by atoms with Gasteiger partial charge >= 0.3 is 5.97 Å². The third-order valence-corrected chi connectivity index (χ3v) is 2.19. The van der Waals surface area contributed by atoms with Gasteiger partial charge in [-0.3, -0.25) is 4.79 Å². The Morgan fingerprint density at radius 1 is 1.58 bits per heavy atom. The molecule has 0 spiro atoms. The van der Waals surface area contributed by atoms with Crippen molar-refractivity contribution in [2.24, 2.45) is 0 Å². The van der Waals surface area contributed by atoms with Gasteiger partial charge in [0.25, 0.3) is 0 Å². The topological polar surface area (TPSA) is 38.3 Å². The summed E-state index contributed by atoms with van der Waals surface area (Å²) in [7, 11) is 0. The van der Waals surface area contributed by atoms with Gasteiger partial charge in [0, 0.05) is 6.04 Å². The monoisotopic (exact) mass is 171 g/mol. The third kappa shape index (κ3) is 2.48. The van der Waals surface area contributed by atoms with Gasteiger partial charge in [-0.25, -0.2) is 0 Å². The lowest BCUT2D eigenvalue weighted by Crippen LogP contribution is -2.46. The summed E-state index contributed by atoms with van der Waals surface area (Å²) >= 11 is 0. The Hall–Kier alpha value is -0.570. The van der Waals surface area contributed by atoms with E-state index in [0.717, 1.165) is 19.3 Å². The van der Waals surface area contributed by atoms with Crippen molar-refractivity contribution >= 4 is 5.97 Å². The quantitative estimate of drug-likeness (QED) is 0.632. The fourth-order valence-electron chi connectivity index (χ4n) is 1.57. The number of hydrogen-bond donors (Lipinski definition) is 1. The van der Waals surface area contributed by atoms with Gasteiger partial charge in [0.1, 0.15) is 6.04 Å². The molecule has 1 rings (SSSR count). The lowest BCUT2D eigenvalue weighted by molar-refractivity contribution is -0.146. The van der Waals surface area contributed by atoms with E-state index in [-0.39, 0.29) is 12.0 Å². The predicted molar refractivity (Wildman–Crippen MR) is 46.9 cm³/mol. The summed E-state index contributed by atoms with van der Waals surface area (Å²) in [6, 6.07) is 0.391. The van der Waals surface area contributed by atoms with Gasteiger partial charge in [-0.05, 0) is 33.1 Å². The van der Waals surface area contributed by atoms with Gasteiger partial charge in [0.2, 0.25) is 0 Å². The molecule has 3 heteroatoms. The number of esters is 1. The van der Waals surface area contributed by atoms with Gasteiger partial charge in [0.15, 0.2) is 0 Å². The van der Waals surface area contributed by atoms with Crippen LogP contribution in [0.1, 0.15) is 33.1 Å². The first-order valence-electron chi connectivity index (χ1n) is 4.66. The molecule has 1 aliphatic heterocycles. The van der Waals surface area contributed by atoms with E-state index in [1.807, 2.05) is 6.92 Å². The smallest absolute Gasteiger partial charge is 0.323 e. The van der Waals surface area contributed by atoms with Crippen molar-refractivity contribution in [2.45, 2.75) is 45.2 Å². The minimum absolute atomic E-state index is 0.0614. The molecular formula is C9H17NO2. The second-order valence-corrected chi connectivity index (χ2v) is 3.30. The Morgan fingerprint density at radius 3 is 2.92 bits per heavy atom. The molecule has 0 aromatic rings. The summed E-state index contributed by atoms with van der Waals surface area (Å²) in [4.78, 5) is 11.3. The zero-order valence-corrected chi connectivity index (χ0v) is 7.80. The van der Waals surface area contributed by atoms with Crippen LogP contribution in [0.15, 0.2) is 0 Å². The van der Waals surface area contributed by atoms with Gasteiger partial charge in [-0.15, -0.1) is 0 Å². The maximum atomic E-state index is 11.3. The molecule has 1 N–H and O–H groups in total. The number of hydrogen-bond acceptors (Lipinski definition) is 3. The van der Waals surface area contributed by atoms with Crippen LogP contribution < -0.4 is 5.32 Å². The zero-order chi connectivity index (χ0) is 8.97. The molecule has 0 saturated carbocycles. The molecule has 0 aliphatic carbocycles. The Labute approximate surface area is 73.5 Å². The Morgan fingerprint density at radius 2 is 2.33 bits per heavy atom. The third-order valence-electron chi connectivity index (χ3n) is 2.19.